The first kappa shape index (κ1) is 7.01. The van der Waals surface area contributed by atoms with Crippen molar-refractivity contribution in [2.24, 2.45) is 5.73 Å². The van der Waals surface area contributed by atoms with Crippen molar-refractivity contribution in [1.29, 1.82) is 0 Å². The molecule has 0 fully saturated rings. The zero-order valence-corrected chi connectivity index (χ0v) is 4.90. The molecule has 3 N–H and O–H groups in total. The van der Waals surface area contributed by atoms with Gasteiger partial charge in [0.15, 0.2) is 0 Å². The molecular weight excluding hydrogens is 104 g/mol. The van der Waals surface area contributed by atoms with E-state index >= 15 is 0 Å². The molecule has 0 radical (unpaired) electrons. The second-order valence-corrected chi connectivity index (χ2v) is 1.37. The van der Waals surface area contributed by atoms with Gasteiger partial charge in [-0.05, 0) is 6.92 Å². The lowest BCUT2D eigenvalue weighted by Crippen LogP contribution is -2.24. The minimum atomic E-state index is -0.494. The smallest absolute Gasteiger partial charge is 0.264 e. The predicted molar refractivity (Wildman–Crippen MR) is 32.0 cm³/mol. The van der Waals surface area contributed by atoms with Gasteiger partial charge in [0.05, 0.1) is 5.70 Å². The summed E-state index contributed by atoms with van der Waals surface area (Å²) in [6.07, 6.45) is 0. The number of nitrogens with two attached hydrogens (primary N) is 1. The van der Waals surface area contributed by atoms with Gasteiger partial charge in [-0.15, -0.1) is 0 Å². The standard InChI is InChI=1S/C5H10N2O/c1-3-7-4(2)5(6)8/h7H,2-3H2,1H3,(H2,6,8). The molecule has 0 saturated carbocycles. The van der Waals surface area contributed by atoms with Gasteiger partial charge in [-0.25, -0.2) is 0 Å². The lowest BCUT2D eigenvalue weighted by molar-refractivity contribution is -0.114. The highest BCUT2D eigenvalue weighted by Gasteiger charge is 1.94. The molecule has 0 aromatic heterocycles. The lowest BCUT2D eigenvalue weighted by atomic mass is 10.4. The number of hydrogen-bond donors (Lipinski definition) is 2. The molecule has 8 heavy (non-hydrogen) atoms. The van der Waals surface area contributed by atoms with Crippen molar-refractivity contribution < 1.29 is 4.79 Å². The molecule has 0 aliphatic rings. The number of rotatable bonds is 3. The van der Waals surface area contributed by atoms with Gasteiger partial charge >= 0.3 is 0 Å². The molecule has 0 saturated heterocycles. The zero-order valence-electron chi connectivity index (χ0n) is 4.90. The summed E-state index contributed by atoms with van der Waals surface area (Å²) in [7, 11) is 0. The first-order valence-electron chi connectivity index (χ1n) is 2.41. The van der Waals surface area contributed by atoms with Gasteiger partial charge in [0, 0.05) is 6.54 Å². The van der Waals surface area contributed by atoms with E-state index < -0.39 is 5.91 Å². The van der Waals surface area contributed by atoms with Crippen molar-refractivity contribution in [2.45, 2.75) is 6.92 Å². The second kappa shape index (κ2) is 3.07. The SMILES string of the molecule is C=C(NCC)C(N)=O. The molecule has 0 atom stereocenters. The number of nitrogens with one attached hydrogen (secondary N) is 1. The number of likely N-dealkylation sites (N-methyl/N-ethyl adjacent to an activating group) is 1. The Labute approximate surface area is 48.6 Å². The molecule has 0 bridgehead atoms. The third kappa shape index (κ3) is 2.23. The van der Waals surface area contributed by atoms with Gasteiger partial charge in [0.25, 0.3) is 5.91 Å². The Morgan fingerprint density at radius 3 is 2.50 bits per heavy atom. The van der Waals surface area contributed by atoms with E-state index in [-0.39, 0.29) is 5.70 Å². The number of hydrogen-bond acceptors (Lipinski definition) is 2. The maximum atomic E-state index is 10.1. The fourth-order valence-corrected chi connectivity index (χ4v) is 0.301. The molecule has 0 aliphatic heterocycles. The molecule has 46 valence electrons. The first-order valence-corrected chi connectivity index (χ1v) is 2.41. The van der Waals surface area contributed by atoms with Crippen LogP contribution in [0.1, 0.15) is 6.92 Å². The third-order valence-electron chi connectivity index (χ3n) is 0.688. The topological polar surface area (TPSA) is 55.1 Å². The van der Waals surface area contributed by atoms with Crippen molar-refractivity contribution in [1.82, 2.24) is 5.32 Å². The molecule has 0 aromatic rings. The normalized spacial score (nSPS) is 8.12. The molecule has 0 heterocycles. The van der Waals surface area contributed by atoms with Crippen molar-refractivity contribution in [3.63, 3.8) is 0 Å². The number of carbonyl (C=O) groups excluding carboxylic acids is 1. The van der Waals surface area contributed by atoms with Gasteiger partial charge in [-0.1, -0.05) is 6.58 Å². The quantitative estimate of drug-likeness (QED) is 0.490. The lowest BCUT2D eigenvalue weighted by Gasteiger charge is -1.99. The van der Waals surface area contributed by atoms with Crippen LogP contribution in [0, 0.1) is 0 Å². The maximum absolute atomic E-state index is 10.1. The Kier molecular flexibility index (Phi) is 2.69. The van der Waals surface area contributed by atoms with E-state index in [0.717, 1.165) is 0 Å². The summed E-state index contributed by atoms with van der Waals surface area (Å²) in [5.41, 5.74) is 5.09. The highest BCUT2D eigenvalue weighted by atomic mass is 16.1. The Balaban J connectivity index is 3.49. The molecule has 1 amide bonds. The summed E-state index contributed by atoms with van der Waals surface area (Å²) in [4.78, 5) is 10.1. The molecular formula is C5H10N2O. The fraction of sp³-hybridized carbons (Fsp3) is 0.400. The number of amides is 1. The summed E-state index contributed by atoms with van der Waals surface area (Å²) in [5, 5.41) is 2.68. The molecule has 3 heteroatoms. The van der Waals surface area contributed by atoms with Crippen LogP contribution in [0.15, 0.2) is 12.3 Å². The Bertz CT molecular complexity index is 109. The Morgan fingerprint density at radius 1 is 1.88 bits per heavy atom. The Morgan fingerprint density at radius 2 is 2.38 bits per heavy atom. The van der Waals surface area contributed by atoms with Crippen LogP contribution in [0.3, 0.4) is 0 Å². The van der Waals surface area contributed by atoms with E-state index in [1.165, 1.54) is 0 Å². The van der Waals surface area contributed by atoms with Crippen molar-refractivity contribution in [3.8, 4) is 0 Å². The van der Waals surface area contributed by atoms with E-state index in [0.29, 0.717) is 6.54 Å². The van der Waals surface area contributed by atoms with Crippen LogP contribution in [0.4, 0.5) is 0 Å². The highest BCUT2D eigenvalue weighted by Crippen LogP contribution is 1.76. The molecule has 0 unspecified atom stereocenters. The molecule has 0 aliphatic carbocycles. The van der Waals surface area contributed by atoms with Crippen molar-refractivity contribution in [2.75, 3.05) is 6.54 Å². The minimum Gasteiger partial charge on any atom is -0.381 e. The van der Waals surface area contributed by atoms with Gasteiger partial charge in [0.1, 0.15) is 0 Å². The molecule has 0 aromatic carbocycles. The van der Waals surface area contributed by atoms with Crippen molar-refractivity contribution in [3.05, 3.63) is 12.3 Å². The molecule has 0 spiro atoms. The van der Waals surface area contributed by atoms with Crippen LogP contribution < -0.4 is 11.1 Å². The fourth-order valence-electron chi connectivity index (χ4n) is 0.301. The van der Waals surface area contributed by atoms with E-state index in [1.807, 2.05) is 6.92 Å². The third-order valence-corrected chi connectivity index (χ3v) is 0.688. The van der Waals surface area contributed by atoms with Crippen LogP contribution >= 0.6 is 0 Å². The van der Waals surface area contributed by atoms with E-state index in [4.69, 9.17) is 5.73 Å². The van der Waals surface area contributed by atoms with E-state index in [2.05, 4.69) is 11.9 Å². The highest BCUT2D eigenvalue weighted by molar-refractivity contribution is 5.90. The first-order chi connectivity index (χ1) is 3.68. The van der Waals surface area contributed by atoms with Crippen LogP contribution in [-0.4, -0.2) is 12.5 Å². The zero-order chi connectivity index (χ0) is 6.57. The number of carbonyl (C=O) groups is 1. The van der Waals surface area contributed by atoms with Gasteiger partial charge < -0.3 is 11.1 Å². The van der Waals surface area contributed by atoms with E-state index in [1.54, 1.807) is 0 Å². The van der Waals surface area contributed by atoms with Crippen molar-refractivity contribution >= 4 is 5.91 Å². The van der Waals surface area contributed by atoms with Crippen LogP contribution in [-0.2, 0) is 4.79 Å². The van der Waals surface area contributed by atoms with Crippen LogP contribution in [0.2, 0.25) is 0 Å². The maximum Gasteiger partial charge on any atom is 0.264 e. The van der Waals surface area contributed by atoms with E-state index in [9.17, 15) is 4.79 Å². The van der Waals surface area contributed by atoms with Gasteiger partial charge in [-0.3, -0.25) is 4.79 Å². The Hall–Kier alpha value is -0.990. The second-order valence-electron chi connectivity index (χ2n) is 1.37. The largest absolute Gasteiger partial charge is 0.381 e. The summed E-state index contributed by atoms with van der Waals surface area (Å²) >= 11 is 0. The molecule has 0 rings (SSSR count). The summed E-state index contributed by atoms with van der Waals surface area (Å²) in [6, 6.07) is 0. The monoisotopic (exact) mass is 114 g/mol. The van der Waals surface area contributed by atoms with Crippen LogP contribution in [0.5, 0.6) is 0 Å². The summed E-state index contributed by atoms with van der Waals surface area (Å²) in [6.45, 7) is 5.91. The van der Waals surface area contributed by atoms with Gasteiger partial charge in [-0.2, -0.15) is 0 Å². The predicted octanol–water partition coefficient (Wildman–Crippen LogP) is -0.405. The average Bonchev–Trinajstić information content (AvgIpc) is 1.67. The molecule has 3 nitrogen and oxygen atoms in total. The number of primary amides is 1. The van der Waals surface area contributed by atoms with Crippen LogP contribution in [0.25, 0.3) is 0 Å². The minimum absolute atomic E-state index is 0.271. The van der Waals surface area contributed by atoms with Gasteiger partial charge in [0.2, 0.25) is 0 Å². The summed E-state index contributed by atoms with van der Waals surface area (Å²) < 4.78 is 0. The average molecular weight is 114 g/mol. The summed E-state index contributed by atoms with van der Waals surface area (Å²) in [5.74, 6) is -0.494.